The van der Waals surface area contributed by atoms with E-state index in [0.717, 1.165) is 6.42 Å². The summed E-state index contributed by atoms with van der Waals surface area (Å²) in [7, 11) is 0. The lowest BCUT2D eigenvalue weighted by Gasteiger charge is -2.17. The van der Waals surface area contributed by atoms with Crippen LogP contribution in [-0.4, -0.2) is 56.3 Å². The number of guanidine groups is 1. The second kappa shape index (κ2) is 10.1. The molecule has 21 heavy (non-hydrogen) atoms. The molecule has 0 aromatic rings. The molecule has 2 N–H and O–H groups in total. The van der Waals surface area contributed by atoms with Gasteiger partial charge < -0.3 is 10.6 Å². The number of alkyl halides is 3. The highest BCUT2D eigenvalue weighted by atomic mass is 127. The minimum absolute atomic E-state index is 0. The Morgan fingerprint density at radius 2 is 2.14 bits per heavy atom. The zero-order valence-corrected chi connectivity index (χ0v) is 14.4. The SMILES string of the molecule is C#CCNC(=NCC1CCN(CC(F)(F)F)C1)NCC.I. The zero-order valence-electron chi connectivity index (χ0n) is 12.0. The molecule has 0 aromatic heterocycles. The largest absolute Gasteiger partial charge is 0.401 e. The number of nitrogens with one attached hydrogen (secondary N) is 2. The molecule has 1 saturated heterocycles. The topological polar surface area (TPSA) is 39.7 Å². The van der Waals surface area contributed by atoms with Gasteiger partial charge in [0.15, 0.2) is 5.96 Å². The third-order valence-corrected chi connectivity index (χ3v) is 2.98. The van der Waals surface area contributed by atoms with Crippen LogP contribution >= 0.6 is 24.0 Å². The van der Waals surface area contributed by atoms with Gasteiger partial charge in [0.05, 0.1) is 13.1 Å². The van der Waals surface area contributed by atoms with E-state index in [4.69, 9.17) is 6.42 Å². The van der Waals surface area contributed by atoms with E-state index in [0.29, 0.717) is 38.7 Å². The quantitative estimate of drug-likeness (QED) is 0.309. The zero-order chi connectivity index (χ0) is 15.0. The summed E-state index contributed by atoms with van der Waals surface area (Å²) in [4.78, 5) is 5.79. The summed E-state index contributed by atoms with van der Waals surface area (Å²) < 4.78 is 36.8. The van der Waals surface area contributed by atoms with Crippen molar-refractivity contribution in [2.24, 2.45) is 10.9 Å². The van der Waals surface area contributed by atoms with E-state index in [1.807, 2.05) is 6.92 Å². The van der Waals surface area contributed by atoms with Crippen LogP contribution in [0, 0.1) is 18.3 Å². The van der Waals surface area contributed by atoms with Crippen LogP contribution in [0.1, 0.15) is 13.3 Å². The molecule has 4 nitrogen and oxygen atoms in total. The molecule has 0 bridgehead atoms. The van der Waals surface area contributed by atoms with Crippen molar-refractivity contribution in [2.45, 2.75) is 19.5 Å². The van der Waals surface area contributed by atoms with Crippen LogP contribution in [-0.2, 0) is 0 Å². The van der Waals surface area contributed by atoms with E-state index in [1.54, 1.807) is 0 Å². The monoisotopic (exact) mass is 418 g/mol. The fourth-order valence-electron chi connectivity index (χ4n) is 2.16. The Morgan fingerprint density at radius 1 is 1.43 bits per heavy atom. The van der Waals surface area contributed by atoms with Crippen molar-refractivity contribution in [1.29, 1.82) is 0 Å². The summed E-state index contributed by atoms with van der Waals surface area (Å²) in [5.74, 6) is 3.23. The lowest BCUT2D eigenvalue weighted by molar-refractivity contribution is -0.143. The van der Waals surface area contributed by atoms with Crippen molar-refractivity contribution in [3.05, 3.63) is 0 Å². The lowest BCUT2D eigenvalue weighted by atomic mass is 10.1. The molecule has 0 aliphatic carbocycles. The van der Waals surface area contributed by atoms with Crippen molar-refractivity contribution in [3.63, 3.8) is 0 Å². The lowest BCUT2D eigenvalue weighted by Crippen LogP contribution is -2.38. The number of terminal acetylenes is 1. The molecule has 122 valence electrons. The molecule has 1 rings (SSSR count). The first-order valence-corrected chi connectivity index (χ1v) is 6.69. The molecule has 1 aliphatic rings. The van der Waals surface area contributed by atoms with Gasteiger partial charge in [0.25, 0.3) is 0 Å². The predicted octanol–water partition coefficient (Wildman–Crippen LogP) is 1.68. The molecule has 1 atom stereocenters. The molecule has 8 heteroatoms. The number of likely N-dealkylation sites (tertiary alicyclic amines) is 1. The number of nitrogens with zero attached hydrogens (tertiary/aromatic N) is 2. The summed E-state index contributed by atoms with van der Waals surface area (Å²) in [6.07, 6.45) is 1.78. The van der Waals surface area contributed by atoms with Crippen molar-refractivity contribution in [3.8, 4) is 12.3 Å². The first kappa shape index (κ1) is 20.3. The molecule has 1 fully saturated rings. The Bertz CT molecular complexity index is 365. The molecular formula is C13H22F3IN4. The van der Waals surface area contributed by atoms with Crippen LogP contribution in [0.5, 0.6) is 0 Å². The average molecular weight is 418 g/mol. The molecule has 1 aliphatic heterocycles. The van der Waals surface area contributed by atoms with Gasteiger partial charge in [0.2, 0.25) is 0 Å². The molecule has 1 heterocycles. The minimum Gasteiger partial charge on any atom is -0.357 e. The van der Waals surface area contributed by atoms with Crippen LogP contribution in [0.4, 0.5) is 13.2 Å². The van der Waals surface area contributed by atoms with E-state index in [2.05, 4.69) is 21.5 Å². The van der Waals surface area contributed by atoms with Gasteiger partial charge in [0, 0.05) is 19.6 Å². The number of hydrogen-bond donors (Lipinski definition) is 2. The molecular weight excluding hydrogens is 396 g/mol. The smallest absolute Gasteiger partial charge is 0.357 e. The summed E-state index contributed by atoms with van der Waals surface area (Å²) in [6.45, 7) is 3.62. The molecule has 1 unspecified atom stereocenters. The van der Waals surface area contributed by atoms with Gasteiger partial charge >= 0.3 is 6.18 Å². The number of halogens is 4. The van der Waals surface area contributed by atoms with E-state index in [1.165, 1.54) is 4.90 Å². The first-order valence-electron chi connectivity index (χ1n) is 6.69. The van der Waals surface area contributed by atoms with Crippen LogP contribution < -0.4 is 10.6 Å². The molecule has 0 amide bonds. The highest BCUT2D eigenvalue weighted by Crippen LogP contribution is 2.22. The van der Waals surface area contributed by atoms with Crippen molar-refractivity contribution >= 4 is 29.9 Å². The van der Waals surface area contributed by atoms with Crippen LogP contribution in [0.3, 0.4) is 0 Å². The van der Waals surface area contributed by atoms with E-state index < -0.39 is 12.7 Å². The van der Waals surface area contributed by atoms with Gasteiger partial charge in [-0.1, -0.05) is 5.92 Å². The number of rotatable bonds is 5. The standard InChI is InChI=1S/C13H21F3N4.HI/c1-3-6-18-12(17-4-2)19-8-11-5-7-20(9-11)10-13(14,15)16;/h1,11H,4-10H2,2H3,(H2,17,18,19);1H. The third kappa shape index (κ3) is 9.03. The molecule has 0 saturated carbocycles. The van der Waals surface area contributed by atoms with Gasteiger partial charge in [-0.05, 0) is 25.8 Å². The van der Waals surface area contributed by atoms with Crippen LogP contribution in [0.15, 0.2) is 4.99 Å². The van der Waals surface area contributed by atoms with Crippen LogP contribution in [0.25, 0.3) is 0 Å². The fraction of sp³-hybridized carbons (Fsp3) is 0.769. The summed E-state index contributed by atoms with van der Waals surface area (Å²) in [6, 6.07) is 0. The van der Waals surface area contributed by atoms with Gasteiger partial charge in [0.1, 0.15) is 0 Å². The van der Waals surface area contributed by atoms with Crippen molar-refractivity contribution in [1.82, 2.24) is 15.5 Å². The van der Waals surface area contributed by atoms with Gasteiger partial charge in [-0.2, -0.15) is 13.2 Å². The molecule has 0 radical (unpaired) electrons. The average Bonchev–Trinajstić information content (AvgIpc) is 2.78. The van der Waals surface area contributed by atoms with Crippen molar-refractivity contribution in [2.75, 3.05) is 39.3 Å². The van der Waals surface area contributed by atoms with Crippen LogP contribution in [0.2, 0.25) is 0 Å². The highest BCUT2D eigenvalue weighted by molar-refractivity contribution is 14.0. The second-order valence-corrected chi connectivity index (χ2v) is 4.78. The Kier molecular flexibility index (Phi) is 9.77. The Hall–Kier alpha value is -0.690. The third-order valence-electron chi connectivity index (χ3n) is 2.98. The van der Waals surface area contributed by atoms with Gasteiger partial charge in [-0.15, -0.1) is 30.4 Å². The second-order valence-electron chi connectivity index (χ2n) is 4.78. The number of aliphatic imine (C=N–C) groups is 1. The number of hydrogen-bond acceptors (Lipinski definition) is 2. The molecule has 0 spiro atoms. The minimum atomic E-state index is -4.12. The molecule has 0 aromatic carbocycles. The normalized spacial score (nSPS) is 19.8. The fourth-order valence-corrected chi connectivity index (χ4v) is 2.16. The highest BCUT2D eigenvalue weighted by Gasteiger charge is 2.34. The van der Waals surface area contributed by atoms with E-state index in [-0.39, 0.29) is 29.9 Å². The Morgan fingerprint density at radius 3 is 2.71 bits per heavy atom. The first-order chi connectivity index (χ1) is 9.44. The summed E-state index contributed by atoms with van der Waals surface area (Å²) in [5, 5.41) is 5.99. The maximum atomic E-state index is 12.3. The maximum absolute atomic E-state index is 12.3. The van der Waals surface area contributed by atoms with E-state index >= 15 is 0 Å². The Balaban J connectivity index is 0.00000400. The van der Waals surface area contributed by atoms with Gasteiger partial charge in [-0.3, -0.25) is 9.89 Å². The summed E-state index contributed by atoms with van der Waals surface area (Å²) >= 11 is 0. The van der Waals surface area contributed by atoms with E-state index in [9.17, 15) is 13.2 Å². The van der Waals surface area contributed by atoms with Gasteiger partial charge in [-0.25, -0.2) is 0 Å². The van der Waals surface area contributed by atoms with Crippen molar-refractivity contribution < 1.29 is 13.2 Å². The predicted molar refractivity (Wildman–Crippen MR) is 88.8 cm³/mol. The summed E-state index contributed by atoms with van der Waals surface area (Å²) in [5.41, 5.74) is 0. The Labute approximate surface area is 141 Å². The maximum Gasteiger partial charge on any atom is 0.401 e.